The van der Waals surface area contributed by atoms with Gasteiger partial charge in [-0.15, -0.1) is 0 Å². The molecule has 0 spiro atoms. The monoisotopic (exact) mass is 136 g/mol. The largest absolute Gasteiger partial charge is 0.744 e. The van der Waals surface area contributed by atoms with Gasteiger partial charge in [0.25, 0.3) is 0 Å². The van der Waals surface area contributed by atoms with Gasteiger partial charge in [0.2, 0.25) is 0 Å². The minimum atomic E-state index is -2.78. The van der Waals surface area contributed by atoms with Crippen LogP contribution in [-0.4, -0.2) is 22.8 Å². The third-order valence-electron chi connectivity index (χ3n) is 0.545. The van der Waals surface area contributed by atoms with Gasteiger partial charge in [-0.3, -0.25) is 4.46 Å². The van der Waals surface area contributed by atoms with Gasteiger partial charge >= 0.3 is 18.0 Å². The summed E-state index contributed by atoms with van der Waals surface area (Å²) in [5.74, 6) is 0. The van der Waals surface area contributed by atoms with Crippen LogP contribution in [0.25, 0.3) is 0 Å². The number of rotatable bonds is 0. The highest BCUT2D eigenvalue weighted by atomic mass is 28.5. The van der Waals surface area contributed by atoms with Gasteiger partial charge in [-0.2, -0.15) is 0 Å². The van der Waals surface area contributed by atoms with E-state index in [0.29, 0.717) is 0 Å². The van der Waals surface area contributed by atoms with Crippen molar-refractivity contribution < 1.29 is 17.5 Å². The normalized spacial score (nSPS) is 24.6. The fourth-order valence-corrected chi connectivity index (χ4v) is 2.85. The van der Waals surface area contributed by atoms with Crippen molar-refractivity contribution in [3.05, 3.63) is 0 Å². The lowest BCUT2D eigenvalue weighted by atomic mass is 11.9. The molecule has 7 heavy (non-hydrogen) atoms. The zero-order chi connectivity index (χ0) is 5.49. The third kappa shape index (κ3) is 0.869. The zero-order valence-electron chi connectivity index (χ0n) is 3.67. The summed E-state index contributed by atoms with van der Waals surface area (Å²) in [7, 11) is -5.02. The second-order valence-electron chi connectivity index (χ2n) is 1.35. The minimum Gasteiger partial charge on any atom is -0.502 e. The molecule has 0 radical (unpaired) electrons. The summed E-state index contributed by atoms with van der Waals surface area (Å²) in [6.45, 7) is 1.42. The van der Waals surface area contributed by atoms with Gasteiger partial charge in [0, 0.05) is 6.55 Å². The van der Waals surface area contributed by atoms with Crippen LogP contribution in [0.4, 0.5) is 0 Å². The third-order valence-corrected chi connectivity index (χ3v) is 4.91. The molecule has 0 aromatic heterocycles. The van der Waals surface area contributed by atoms with Crippen LogP contribution in [0.15, 0.2) is 0 Å². The van der Waals surface area contributed by atoms with Crippen LogP contribution in [0.5, 0.6) is 0 Å². The molecule has 0 unspecified atom stereocenters. The van der Waals surface area contributed by atoms with Crippen LogP contribution < -0.4 is 0 Å². The summed E-state index contributed by atoms with van der Waals surface area (Å²) in [5, 5.41) is 0. The molecule has 1 aliphatic heterocycles. The van der Waals surface area contributed by atoms with Crippen molar-refractivity contribution in [3.63, 3.8) is 0 Å². The van der Waals surface area contributed by atoms with E-state index in [1.807, 2.05) is 0 Å². The van der Waals surface area contributed by atoms with E-state index >= 15 is 0 Å². The van der Waals surface area contributed by atoms with E-state index in [9.17, 15) is 4.46 Å². The number of hydrogen-bond donors (Lipinski definition) is 1. The molecule has 6 heteroatoms. The molecule has 0 aliphatic carbocycles. The van der Waals surface area contributed by atoms with Gasteiger partial charge in [0.1, 0.15) is 0 Å². The maximum Gasteiger partial charge on any atom is 0.744 e. The van der Waals surface area contributed by atoms with Crippen LogP contribution in [-0.2, 0) is 12.7 Å². The lowest BCUT2D eigenvalue weighted by molar-refractivity contribution is 0.135. The van der Waals surface area contributed by atoms with Gasteiger partial charge in [-0.1, -0.05) is 0 Å². The quantitative estimate of drug-likeness (QED) is 0.434. The summed E-state index contributed by atoms with van der Waals surface area (Å²) in [6, 6.07) is 0. The molecule has 1 aliphatic rings. The summed E-state index contributed by atoms with van der Waals surface area (Å²) in [4.78, 5) is 8.60. The van der Waals surface area contributed by atoms with E-state index < -0.39 is 18.0 Å². The van der Waals surface area contributed by atoms with Crippen molar-refractivity contribution >= 4 is 18.0 Å². The second kappa shape index (κ2) is 1.14. The molecule has 1 fully saturated rings. The molecule has 0 aromatic rings. The first-order valence-electron chi connectivity index (χ1n) is 1.74. The molecule has 0 bridgehead atoms. The Morgan fingerprint density at radius 1 is 1.71 bits per heavy atom. The molecule has 1 rings (SSSR count). The van der Waals surface area contributed by atoms with Crippen LogP contribution in [0.1, 0.15) is 0 Å². The summed E-state index contributed by atoms with van der Waals surface area (Å²) in [6.07, 6.45) is 0. The van der Waals surface area contributed by atoms with E-state index in [-0.39, 0.29) is 0 Å². The molecule has 0 saturated carbocycles. The maximum atomic E-state index is 9.93. The van der Waals surface area contributed by atoms with Gasteiger partial charge in [0.05, 0.1) is 0 Å². The molecule has 4 nitrogen and oxygen atoms in total. The fraction of sp³-hybridized carbons (Fsp3) is 1.00. The predicted octanol–water partition coefficient (Wildman–Crippen LogP) is -0.990. The Balaban J connectivity index is 2.43. The summed E-state index contributed by atoms with van der Waals surface area (Å²) >= 11 is 0. The van der Waals surface area contributed by atoms with Crippen molar-refractivity contribution in [1.29, 1.82) is 0 Å². The zero-order valence-corrected chi connectivity index (χ0v) is 5.67. The predicted molar refractivity (Wildman–Crippen MR) is 22.4 cm³/mol. The molecule has 1 N–H and O–H groups in total. The Morgan fingerprint density at radius 3 is 2.14 bits per heavy atom. The van der Waals surface area contributed by atoms with Crippen molar-refractivity contribution in [2.45, 2.75) is 6.55 Å². The van der Waals surface area contributed by atoms with Gasteiger partial charge < -0.3 is 13.0 Å². The Hall–Kier alpha value is -0.206. The molecule has 0 atom stereocenters. The smallest absolute Gasteiger partial charge is 0.502 e. The Kier molecular flexibility index (Phi) is 0.807. The highest BCUT2D eigenvalue weighted by Crippen LogP contribution is 2.11. The van der Waals surface area contributed by atoms with Crippen LogP contribution in [0.3, 0.4) is 0 Å². The van der Waals surface area contributed by atoms with Crippen molar-refractivity contribution in [3.8, 4) is 0 Å². The van der Waals surface area contributed by atoms with Crippen LogP contribution in [0.2, 0.25) is 6.55 Å². The van der Waals surface area contributed by atoms with Crippen molar-refractivity contribution in [2.75, 3.05) is 0 Å². The maximum absolute atomic E-state index is 9.93. The van der Waals surface area contributed by atoms with Crippen LogP contribution in [0, 0.1) is 0 Å². The highest BCUT2D eigenvalue weighted by molar-refractivity contribution is 6.75. The molecule has 1 heterocycles. The molecule has 0 aromatic carbocycles. The Labute approximate surface area is 43.0 Å². The molecule has 0 amide bonds. The van der Waals surface area contributed by atoms with Crippen LogP contribution >= 0.6 is 0 Å². The molecular formula is CH4O4Si2. The van der Waals surface area contributed by atoms with E-state index in [1.54, 1.807) is 0 Å². The van der Waals surface area contributed by atoms with Gasteiger partial charge in [0.15, 0.2) is 0 Å². The first-order valence-corrected chi connectivity index (χ1v) is 5.23. The minimum absolute atomic E-state index is 1.42. The number of hydrogen-bond acceptors (Lipinski definition) is 4. The molecule has 40 valence electrons. The van der Waals surface area contributed by atoms with Gasteiger partial charge in [-0.25, -0.2) is 0 Å². The Morgan fingerprint density at radius 2 is 2.14 bits per heavy atom. The summed E-state index contributed by atoms with van der Waals surface area (Å²) < 4.78 is 18.6. The standard InChI is InChI=1S/CH4O4Si2/c1-7(3)4-6(2)5-7/h3H,1H3. The lowest BCUT2D eigenvalue weighted by Gasteiger charge is -2.27. The average molecular weight is 136 g/mol. The van der Waals surface area contributed by atoms with E-state index in [4.69, 9.17) is 4.80 Å². The highest BCUT2D eigenvalue weighted by Gasteiger charge is 2.51. The molecular weight excluding hydrogens is 132 g/mol. The van der Waals surface area contributed by atoms with E-state index in [1.165, 1.54) is 6.55 Å². The first-order chi connectivity index (χ1) is 3.10. The Bertz CT molecular complexity index is 98.3. The van der Waals surface area contributed by atoms with Crippen molar-refractivity contribution in [2.24, 2.45) is 0 Å². The summed E-state index contributed by atoms with van der Waals surface area (Å²) in [5.41, 5.74) is 0. The van der Waals surface area contributed by atoms with E-state index in [0.717, 1.165) is 0 Å². The molecule has 1 saturated heterocycles. The average Bonchev–Trinajstić information content (AvgIpc) is 1.27. The van der Waals surface area contributed by atoms with Crippen molar-refractivity contribution in [1.82, 2.24) is 0 Å². The van der Waals surface area contributed by atoms with E-state index in [2.05, 4.69) is 8.23 Å². The van der Waals surface area contributed by atoms with Gasteiger partial charge in [-0.05, 0) is 0 Å². The topological polar surface area (TPSA) is 55.8 Å². The lowest BCUT2D eigenvalue weighted by Crippen LogP contribution is -2.55. The second-order valence-corrected chi connectivity index (χ2v) is 5.28. The fourth-order valence-electron chi connectivity index (χ4n) is 0.317. The first kappa shape index (κ1) is 4.94. The SMILES string of the molecule is C[Si]1(O)O[Si](=O)O1.